The molecule has 0 aliphatic heterocycles. The molecule has 0 fully saturated rings. The number of fused-ring (bicyclic) bond motifs is 1. The molecule has 6 heteroatoms. The Balaban J connectivity index is 2.20. The van der Waals surface area contributed by atoms with Crippen molar-refractivity contribution in [1.29, 1.82) is 0 Å². The molecular weight excluding hydrogens is 385 g/mol. The summed E-state index contributed by atoms with van der Waals surface area (Å²) in [6, 6.07) is 9.58. The molecular formula is C19H21NO4Se. The van der Waals surface area contributed by atoms with Crippen molar-refractivity contribution in [3.63, 3.8) is 0 Å². The molecule has 3 rings (SSSR count). The molecule has 0 saturated heterocycles. The average Bonchev–Trinajstić information content (AvgIpc) is 2.97. The van der Waals surface area contributed by atoms with Gasteiger partial charge in [0.05, 0.1) is 0 Å². The molecule has 0 saturated carbocycles. The van der Waals surface area contributed by atoms with Gasteiger partial charge in [-0.2, -0.15) is 0 Å². The van der Waals surface area contributed by atoms with Crippen molar-refractivity contribution >= 4 is 33.7 Å². The van der Waals surface area contributed by atoms with Gasteiger partial charge in [0, 0.05) is 0 Å². The number of nitrogens with one attached hydrogen (secondary N) is 1. The van der Waals surface area contributed by atoms with E-state index in [1.807, 2.05) is 32.0 Å². The molecule has 132 valence electrons. The fourth-order valence-electron chi connectivity index (χ4n) is 2.99. The van der Waals surface area contributed by atoms with Crippen LogP contribution in [0, 0.1) is 13.8 Å². The molecule has 1 atom stereocenters. The van der Waals surface area contributed by atoms with Gasteiger partial charge >= 0.3 is 151 Å². The van der Waals surface area contributed by atoms with Gasteiger partial charge in [-0.25, -0.2) is 0 Å². The Labute approximate surface area is 151 Å². The molecule has 25 heavy (non-hydrogen) atoms. The van der Waals surface area contributed by atoms with Crippen molar-refractivity contribution in [3.05, 3.63) is 41.6 Å². The predicted molar refractivity (Wildman–Crippen MR) is 99.6 cm³/mol. The van der Waals surface area contributed by atoms with Gasteiger partial charge in [0.1, 0.15) is 0 Å². The van der Waals surface area contributed by atoms with Crippen LogP contribution in [0.25, 0.3) is 10.9 Å². The molecule has 0 amide bonds. The maximum atomic E-state index is 13.4. The van der Waals surface area contributed by atoms with E-state index in [0.29, 0.717) is 21.7 Å². The van der Waals surface area contributed by atoms with Crippen LogP contribution >= 0.6 is 0 Å². The predicted octanol–water partition coefficient (Wildman–Crippen LogP) is 2.35. The maximum absolute atomic E-state index is 13.4. The molecule has 0 radical (unpaired) electrons. The van der Waals surface area contributed by atoms with Crippen molar-refractivity contribution in [3.8, 4) is 17.2 Å². The standard InChI is InChI=1S/C19H21NO4Se/c1-11-7-6-8-14-17(11)20-12(2)19(14)25(21)13-9-15(22-3)18(24-5)16(10-13)23-4/h6-10,20H,1-5H3. The Bertz CT molecular complexity index is 936. The molecule has 0 aliphatic rings. The molecule has 1 unspecified atom stereocenters. The van der Waals surface area contributed by atoms with Crippen LogP contribution in [0.5, 0.6) is 17.2 Å². The van der Waals surface area contributed by atoms with Crippen molar-refractivity contribution in [2.45, 2.75) is 13.8 Å². The fourth-order valence-corrected chi connectivity index (χ4v) is 5.85. The van der Waals surface area contributed by atoms with E-state index in [2.05, 4.69) is 4.98 Å². The Kier molecular flexibility index (Phi) is 4.84. The average molecular weight is 406 g/mol. The number of aromatic nitrogens is 1. The first-order valence-electron chi connectivity index (χ1n) is 7.81. The topological polar surface area (TPSA) is 60.6 Å². The van der Waals surface area contributed by atoms with Gasteiger partial charge in [-0.05, 0) is 0 Å². The Morgan fingerprint density at radius 1 is 0.960 bits per heavy atom. The molecule has 0 bridgehead atoms. The number of benzene rings is 2. The zero-order chi connectivity index (χ0) is 18.1. The molecule has 0 spiro atoms. The zero-order valence-electron chi connectivity index (χ0n) is 14.9. The molecule has 1 aromatic heterocycles. The fraction of sp³-hybridized carbons (Fsp3) is 0.263. The second-order valence-electron chi connectivity index (χ2n) is 5.71. The number of hydrogen-bond acceptors (Lipinski definition) is 4. The Morgan fingerprint density at radius 2 is 1.60 bits per heavy atom. The van der Waals surface area contributed by atoms with E-state index < -0.39 is 13.8 Å². The van der Waals surface area contributed by atoms with Crippen molar-refractivity contribution in [1.82, 2.24) is 4.98 Å². The number of ether oxygens (including phenoxy) is 3. The third kappa shape index (κ3) is 2.92. The first-order chi connectivity index (χ1) is 12.0. The van der Waals surface area contributed by atoms with Gasteiger partial charge in [0.2, 0.25) is 0 Å². The van der Waals surface area contributed by atoms with Crippen LogP contribution in [0.2, 0.25) is 0 Å². The first-order valence-corrected chi connectivity index (χ1v) is 10.2. The van der Waals surface area contributed by atoms with E-state index in [1.165, 1.54) is 0 Å². The van der Waals surface area contributed by atoms with E-state index in [0.717, 1.165) is 26.6 Å². The molecule has 3 aromatic rings. The summed E-state index contributed by atoms with van der Waals surface area (Å²) in [5, 5.41) is 1.01. The van der Waals surface area contributed by atoms with E-state index in [4.69, 9.17) is 14.2 Å². The molecule has 1 heterocycles. The second kappa shape index (κ2) is 6.90. The van der Waals surface area contributed by atoms with Gasteiger partial charge in [-0.1, -0.05) is 0 Å². The van der Waals surface area contributed by atoms with Crippen molar-refractivity contribution in [2.75, 3.05) is 21.3 Å². The number of rotatable bonds is 5. The summed E-state index contributed by atoms with van der Waals surface area (Å²) >= 11 is -2.53. The van der Waals surface area contributed by atoms with Crippen molar-refractivity contribution < 1.29 is 18.0 Å². The molecule has 0 aliphatic carbocycles. The number of aryl methyl sites for hydroxylation is 2. The van der Waals surface area contributed by atoms with E-state index in [9.17, 15) is 3.83 Å². The summed E-state index contributed by atoms with van der Waals surface area (Å²) in [6.07, 6.45) is 0. The summed E-state index contributed by atoms with van der Waals surface area (Å²) in [5.74, 6) is 1.52. The summed E-state index contributed by atoms with van der Waals surface area (Å²) in [4.78, 5) is 3.37. The number of hydrogen-bond donors (Lipinski definition) is 1. The minimum absolute atomic E-state index is 0.499. The van der Waals surface area contributed by atoms with E-state index >= 15 is 0 Å². The molecule has 1 N–H and O–H groups in total. The third-order valence-corrected chi connectivity index (χ3v) is 7.48. The van der Waals surface area contributed by atoms with E-state index in [1.54, 1.807) is 33.5 Å². The summed E-state index contributed by atoms with van der Waals surface area (Å²) in [5.41, 5.74) is 3.10. The monoisotopic (exact) mass is 407 g/mol. The zero-order valence-corrected chi connectivity index (χ0v) is 16.6. The first kappa shape index (κ1) is 17.5. The van der Waals surface area contributed by atoms with Gasteiger partial charge < -0.3 is 0 Å². The Hall–Kier alpha value is -2.30. The molecule has 2 aromatic carbocycles. The van der Waals surface area contributed by atoms with Crippen LogP contribution in [0.15, 0.2) is 30.3 Å². The van der Waals surface area contributed by atoms with E-state index in [-0.39, 0.29) is 0 Å². The van der Waals surface area contributed by atoms with Gasteiger partial charge in [-0.3, -0.25) is 0 Å². The van der Waals surface area contributed by atoms with Crippen LogP contribution in [0.4, 0.5) is 0 Å². The SMILES string of the molecule is COc1cc([Se](=O)c2c(C)[nH]c3c(C)cccc23)cc(OC)c1OC. The summed E-state index contributed by atoms with van der Waals surface area (Å²) in [6.45, 7) is 4.00. The van der Waals surface area contributed by atoms with Crippen LogP contribution in [-0.4, -0.2) is 40.1 Å². The van der Waals surface area contributed by atoms with Crippen LogP contribution in [-0.2, 0) is 3.83 Å². The van der Waals surface area contributed by atoms with Gasteiger partial charge in [0.25, 0.3) is 0 Å². The van der Waals surface area contributed by atoms with Gasteiger partial charge in [0.15, 0.2) is 0 Å². The number of para-hydroxylation sites is 1. The number of aromatic amines is 1. The number of methoxy groups -OCH3 is 3. The summed E-state index contributed by atoms with van der Waals surface area (Å²) in [7, 11) is 4.67. The van der Waals surface area contributed by atoms with Crippen LogP contribution in [0.3, 0.4) is 0 Å². The quantitative estimate of drug-likeness (QED) is 0.661. The van der Waals surface area contributed by atoms with Gasteiger partial charge in [-0.15, -0.1) is 0 Å². The number of H-pyrrole nitrogens is 1. The van der Waals surface area contributed by atoms with Crippen LogP contribution in [0.1, 0.15) is 11.3 Å². The third-order valence-electron chi connectivity index (χ3n) is 4.21. The Morgan fingerprint density at radius 3 is 2.16 bits per heavy atom. The molecule has 5 nitrogen and oxygen atoms in total. The summed E-state index contributed by atoms with van der Waals surface area (Å²) < 4.78 is 31.1. The van der Waals surface area contributed by atoms with Crippen molar-refractivity contribution in [2.24, 2.45) is 0 Å². The second-order valence-corrected chi connectivity index (χ2v) is 8.68. The minimum atomic E-state index is -2.53. The van der Waals surface area contributed by atoms with Crippen LogP contribution < -0.4 is 23.1 Å². The normalized spacial score (nSPS) is 12.2.